The molecule has 0 aliphatic carbocycles. The summed E-state index contributed by atoms with van der Waals surface area (Å²) >= 11 is 3.42. The average molecular weight is 390 g/mol. The molecule has 0 atom stereocenters. The minimum absolute atomic E-state index is 0.0618. The monoisotopic (exact) mass is 389 g/mol. The smallest absolute Gasteiger partial charge is 0.243 e. The maximum Gasteiger partial charge on any atom is 0.243 e. The molecule has 0 saturated carbocycles. The minimum atomic E-state index is -0.0618. The van der Waals surface area contributed by atoms with Crippen molar-refractivity contribution in [2.75, 3.05) is 35.2 Å². The molecule has 0 spiro atoms. The van der Waals surface area contributed by atoms with Crippen LogP contribution in [0.25, 0.3) is 0 Å². The number of anilines is 3. The summed E-state index contributed by atoms with van der Waals surface area (Å²) in [7, 11) is 0. The number of nitrogens with zero attached hydrogens (tertiary/aromatic N) is 1. The molecule has 2 rings (SSSR count). The van der Waals surface area contributed by atoms with Crippen molar-refractivity contribution in [3.8, 4) is 0 Å². The van der Waals surface area contributed by atoms with Crippen LogP contribution in [-0.2, 0) is 4.79 Å². The number of amides is 1. The third-order valence-electron chi connectivity index (χ3n) is 3.91. The molecule has 0 bridgehead atoms. The highest BCUT2D eigenvalue weighted by Gasteiger charge is 2.06. The summed E-state index contributed by atoms with van der Waals surface area (Å²) in [5.74, 6) is -0.0618. The second kappa shape index (κ2) is 8.73. The lowest BCUT2D eigenvalue weighted by Gasteiger charge is -2.21. The van der Waals surface area contributed by atoms with Crippen LogP contribution >= 0.6 is 15.9 Å². The molecule has 0 aliphatic rings. The van der Waals surface area contributed by atoms with Crippen molar-refractivity contribution < 1.29 is 4.79 Å². The molecule has 4 nitrogen and oxygen atoms in total. The summed E-state index contributed by atoms with van der Waals surface area (Å²) in [4.78, 5) is 14.4. The van der Waals surface area contributed by atoms with Gasteiger partial charge >= 0.3 is 0 Å². The third-order valence-corrected chi connectivity index (χ3v) is 4.40. The molecule has 2 aromatic carbocycles. The molecule has 0 unspecified atom stereocenters. The Kier molecular flexibility index (Phi) is 6.67. The molecule has 0 saturated heterocycles. The van der Waals surface area contributed by atoms with E-state index in [-0.39, 0.29) is 12.5 Å². The first-order chi connectivity index (χ1) is 11.5. The lowest BCUT2D eigenvalue weighted by atomic mass is 10.2. The van der Waals surface area contributed by atoms with Gasteiger partial charge in [0.25, 0.3) is 0 Å². The van der Waals surface area contributed by atoms with Crippen molar-refractivity contribution in [1.29, 1.82) is 0 Å². The van der Waals surface area contributed by atoms with Gasteiger partial charge in [0.2, 0.25) is 5.91 Å². The predicted molar refractivity (Wildman–Crippen MR) is 106 cm³/mol. The zero-order valence-corrected chi connectivity index (χ0v) is 16.0. The van der Waals surface area contributed by atoms with Gasteiger partial charge in [0.1, 0.15) is 0 Å². The predicted octanol–water partition coefficient (Wildman–Crippen LogP) is 4.65. The lowest BCUT2D eigenvalue weighted by Crippen LogP contribution is -2.23. The number of hydrogen-bond donors (Lipinski definition) is 2. The standard InChI is InChI=1S/C19H24BrN3O/c1-4-23(5-2)17-9-7-16(8-10-17)21-13-19(24)22-18-11-6-15(20)12-14(18)3/h6-12,21H,4-5,13H2,1-3H3,(H,22,24). The molecule has 2 N–H and O–H groups in total. The van der Waals surface area contributed by atoms with Crippen LogP contribution in [0.2, 0.25) is 0 Å². The van der Waals surface area contributed by atoms with E-state index in [1.165, 1.54) is 5.69 Å². The van der Waals surface area contributed by atoms with Crippen LogP contribution in [0.5, 0.6) is 0 Å². The number of carbonyl (C=O) groups is 1. The Morgan fingerprint density at radius 3 is 2.33 bits per heavy atom. The summed E-state index contributed by atoms with van der Waals surface area (Å²) in [6.45, 7) is 8.46. The molecule has 2 aromatic rings. The zero-order chi connectivity index (χ0) is 17.5. The van der Waals surface area contributed by atoms with E-state index in [0.717, 1.165) is 34.5 Å². The van der Waals surface area contributed by atoms with E-state index in [2.05, 4.69) is 57.4 Å². The van der Waals surface area contributed by atoms with Gasteiger partial charge in [0, 0.05) is 34.6 Å². The number of hydrogen-bond acceptors (Lipinski definition) is 3. The normalized spacial score (nSPS) is 10.3. The molecule has 0 aromatic heterocycles. The number of rotatable bonds is 7. The first kappa shape index (κ1) is 18.3. The van der Waals surface area contributed by atoms with E-state index in [1.807, 2.05) is 37.3 Å². The summed E-state index contributed by atoms with van der Waals surface area (Å²) in [6.07, 6.45) is 0. The highest BCUT2D eigenvalue weighted by molar-refractivity contribution is 9.10. The number of nitrogens with one attached hydrogen (secondary N) is 2. The van der Waals surface area contributed by atoms with Crippen LogP contribution in [0.15, 0.2) is 46.9 Å². The van der Waals surface area contributed by atoms with Crippen LogP contribution in [0.1, 0.15) is 19.4 Å². The molecule has 0 aliphatic heterocycles. The molecule has 0 fully saturated rings. The van der Waals surface area contributed by atoms with E-state index in [9.17, 15) is 4.79 Å². The zero-order valence-electron chi connectivity index (χ0n) is 14.4. The van der Waals surface area contributed by atoms with Gasteiger partial charge < -0.3 is 15.5 Å². The van der Waals surface area contributed by atoms with Gasteiger partial charge in [-0.2, -0.15) is 0 Å². The fourth-order valence-corrected chi connectivity index (χ4v) is 3.00. The summed E-state index contributed by atoms with van der Waals surface area (Å²) in [5.41, 5.74) is 4.00. The Morgan fingerprint density at radius 1 is 1.08 bits per heavy atom. The Morgan fingerprint density at radius 2 is 1.75 bits per heavy atom. The largest absolute Gasteiger partial charge is 0.376 e. The molecule has 5 heteroatoms. The number of aryl methyl sites for hydroxylation is 1. The number of carbonyl (C=O) groups excluding carboxylic acids is 1. The molecule has 0 heterocycles. The van der Waals surface area contributed by atoms with E-state index in [1.54, 1.807) is 0 Å². The molecule has 24 heavy (non-hydrogen) atoms. The topological polar surface area (TPSA) is 44.4 Å². The average Bonchev–Trinajstić information content (AvgIpc) is 2.58. The van der Waals surface area contributed by atoms with E-state index < -0.39 is 0 Å². The van der Waals surface area contributed by atoms with E-state index in [4.69, 9.17) is 0 Å². The first-order valence-electron chi connectivity index (χ1n) is 8.18. The SMILES string of the molecule is CCN(CC)c1ccc(NCC(=O)Nc2ccc(Br)cc2C)cc1. The van der Waals surface area contributed by atoms with Crippen LogP contribution in [-0.4, -0.2) is 25.5 Å². The van der Waals surface area contributed by atoms with Crippen LogP contribution in [0.4, 0.5) is 17.1 Å². The van der Waals surface area contributed by atoms with Crippen LogP contribution in [0.3, 0.4) is 0 Å². The second-order valence-corrected chi connectivity index (χ2v) is 6.50. The highest BCUT2D eigenvalue weighted by atomic mass is 79.9. The first-order valence-corrected chi connectivity index (χ1v) is 8.97. The minimum Gasteiger partial charge on any atom is -0.376 e. The fraction of sp³-hybridized carbons (Fsp3) is 0.316. The van der Waals surface area contributed by atoms with Gasteiger partial charge in [-0.1, -0.05) is 15.9 Å². The summed E-state index contributed by atoms with van der Waals surface area (Å²) in [5, 5.41) is 6.08. The number of halogens is 1. The van der Waals surface area contributed by atoms with E-state index >= 15 is 0 Å². The van der Waals surface area contributed by atoms with Crippen molar-refractivity contribution in [1.82, 2.24) is 0 Å². The molecule has 1 amide bonds. The van der Waals surface area contributed by atoms with Crippen molar-refractivity contribution in [2.45, 2.75) is 20.8 Å². The van der Waals surface area contributed by atoms with Gasteiger partial charge in [-0.3, -0.25) is 4.79 Å². The fourth-order valence-electron chi connectivity index (χ4n) is 2.52. The summed E-state index contributed by atoms with van der Waals surface area (Å²) < 4.78 is 1.00. The third kappa shape index (κ3) is 4.99. The maximum absolute atomic E-state index is 12.1. The van der Waals surface area contributed by atoms with Gasteiger partial charge in [-0.15, -0.1) is 0 Å². The Hall–Kier alpha value is -2.01. The van der Waals surface area contributed by atoms with Gasteiger partial charge in [0.05, 0.1) is 6.54 Å². The van der Waals surface area contributed by atoms with Crippen LogP contribution < -0.4 is 15.5 Å². The van der Waals surface area contributed by atoms with Gasteiger partial charge in [-0.25, -0.2) is 0 Å². The molecule has 0 radical (unpaired) electrons. The molecular formula is C19H24BrN3O. The van der Waals surface area contributed by atoms with E-state index in [0.29, 0.717) is 0 Å². The number of benzene rings is 2. The van der Waals surface area contributed by atoms with Crippen molar-refractivity contribution in [3.05, 3.63) is 52.5 Å². The Balaban J connectivity index is 1.89. The van der Waals surface area contributed by atoms with Crippen molar-refractivity contribution in [3.63, 3.8) is 0 Å². The summed E-state index contributed by atoms with van der Waals surface area (Å²) in [6, 6.07) is 14.0. The van der Waals surface area contributed by atoms with Gasteiger partial charge in [0.15, 0.2) is 0 Å². The highest BCUT2D eigenvalue weighted by Crippen LogP contribution is 2.20. The van der Waals surface area contributed by atoms with Crippen LogP contribution in [0, 0.1) is 6.92 Å². The maximum atomic E-state index is 12.1. The van der Waals surface area contributed by atoms with Gasteiger partial charge in [-0.05, 0) is 68.8 Å². The quantitative estimate of drug-likeness (QED) is 0.723. The Labute approximate surface area is 152 Å². The molecule has 128 valence electrons. The van der Waals surface area contributed by atoms with Crippen molar-refractivity contribution >= 4 is 38.9 Å². The van der Waals surface area contributed by atoms with Crippen molar-refractivity contribution in [2.24, 2.45) is 0 Å². The lowest BCUT2D eigenvalue weighted by molar-refractivity contribution is -0.114. The second-order valence-electron chi connectivity index (χ2n) is 5.58. The molecular weight excluding hydrogens is 366 g/mol. The Bertz CT molecular complexity index is 682.